The molecule has 0 unspecified atom stereocenters. The van der Waals surface area contributed by atoms with Gasteiger partial charge in [-0.25, -0.2) is 9.97 Å². The van der Waals surface area contributed by atoms with E-state index in [9.17, 15) is 0 Å². The van der Waals surface area contributed by atoms with Crippen molar-refractivity contribution in [1.29, 1.82) is 5.26 Å². The highest BCUT2D eigenvalue weighted by atomic mass is 35.5. The summed E-state index contributed by atoms with van der Waals surface area (Å²) in [6.45, 7) is 0. The predicted octanol–water partition coefficient (Wildman–Crippen LogP) is 3.40. The third-order valence-corrected chi connectivity index (χ3v) is 2.41. The molecule has 2 rings (SSSR count). The van der Waals surface area contributed by atoms with Crippen LogP contribution in [0.5, 0.6) is 0 Å². The SMILES string of the molecule is N#Cc1ccc(Cl)cc1Nc1ccnc(Cl)n1. The zero-order chi connectivity index (χ0) is 12.3. The first-order valence-electron chi connectivity index (χ1n) is 4.64. The van der Waals surface area contributed by atoms with E-state index in [-0.39, 0.29) is 5.28 Å². The molecule has 0 spiro atoms. The fourth-order valence-corrected chi connectivity index (χ4v) is 1.58. The Kier molecular flexibility index (Phi) is 3.43. The van der Waals surface area contributed by atoms with E-state index >= 15 is 0 Å². The molecule has 0 saturated heterocycles. The molecule has 0 atom stereocenters. The first-order chi connectivity index (χ1) is 8.19. The molecule has 6 heteroatoms. The van der Waals surface area contributed by atoms with Crippen LogP contribution in [0, 0.1) is 11.3 Å². The molecule has 1 aromatic heterocycles. The zero-order valence-corrected chi connectivity index (χ0v) is 10.00. The topological polar surface area (TPSA) is 61.6 Å². The Hall–Kier alpha value is -1.83. The van der Waals surface area contributed by atoms with E-state index < -0.39 is 0 Å². The van der Waals surface area contributed by atoms with Crippen LogP contribution in [-0.4, -0.2) is 9.97 Å². The molecular weight excluding hydrogens is 259 g/mol. The summed E-state index contributed by atoms with van der Waals surface area (Å²) in [7, 11) is 0. The zero-order valence-electron chi connectivity index (χ0n) is 8.48. The standard InChI is InChI=1S/C11H6Cl2N4/c12-8-2-1-7(6-14)9(5-8)16-10-3-4-15-11(13)17-10/h1-5H,(H,15,16,17). The Labute approximate surface area is 108 Å². The van der Waals surface area contributed by atoms with Crippen molar-refractivity contribution in [3.63, 3.8) is 0 Å². The number of nitrogens with zero attached hydrogens (tertiary/aromatic N) is 3. The molecule has 1 heterocycles. The van der Waals surface area contributed by atoms with E-state index in [4.69, 9.17) is 28.5 Å². The molecule has 0 aliphatic carbocycles. The van der Waals surface area contributed by atoms with E-state index in [2.05, 4.69) is 21.4 Å². The van der Waals surface area contributed by atoms with Crippen LogP contribution in [0.25, 0.3) is 0 Å². The third kappa shape index (κ3) is 2.84. The van der Waals surface area contributed by atoms with Crippen molar-refractivity contribution in [2.45, 2.75) is 0 Å². The van der Waals surface area contributed by atoms with Gasteiger partial charge >= 0.3 is 0 Å². The van der Waals surface area contributed by atoms with Gasteiger partial charge in [0.15, 0.2) is 0 Å². The smallest absolute Gasteiger partial charge is 0.224 e. The monoisotopic (exact) mass is 264 g/mol. The van der Waals surface area contributed by atoms with Gasteiger partial charge in [-0.15, -0.1) is 0 Å². The van der Waals surface area contributed by atoms with Gasteiger partial charge < -0.3 is 5.32 Å². The maximum Gasteiger partial charge on any atom is 0.224 e. The van der Waals surface area contributed by atoms with Crippen LogP contribution in [0.4, 0.5) is 11.5 Å². The second kappa shape index (κ2) is 5.00. The number of aromatic nitrogens is 2. The Morgan fingerprint density at radius 2 is 2.06 bits per heavy atom. The summed E-state index contributed by atoms with van der Waals surface area (Å²) < 4.78 is 0. The van der Waals surface area contributed by atoms with Gasteiger partial charge in [0.2, 0.25) is 5.28 Å². The minimum atomic E-state index is 0.135. The molecule has 4 nitrogen and oxygen atoms in total. The lowest BCUT2D eigenvalue weighted by Gasteiger charge is -2.07. The van der Waals surface area contributed by atoms with Gasteiger partial charge in [0.05, 0.1) is 11.3 Å². The summed E-state index contributed by atoms with van der Waals surface area (Å²) in [6.07, 6.45) is 1.52. The minimum Gasteiger partial charge on any atom is -0.339 e. The highest BCUT2D eigenvalue weighted by Gasteiger charge is 2.04. The van der Waals surface area contributed by atoms with Crippen LogP contribution in [0.3, 0.4) is 0 Å². The Bertz CT molecular complexity index is 592. The fourth-order valence-electron chi connectivity index (χ4n) is 1.26. The van der Waals surface area contributed by atoms with Crippen molar-refractivity contribution in [3.8, 4) is 6.07 Å². The largest absolute Gasteiger partial charge is 0.339 e. The lowest BCUT2D eigenvalue weighted by molar-refractivity contribution is 1.17. The van der Waals surface area contributed by atoms with Gasteiger partial charge in [0.1, 0.15) is 11.9 Å². The van der Waals surface area contributed by atoms with Gasteiger partial charge in [0, 0.05) is 11.2 Å². The maximum absolute atomic E-state index is 8.95. The lowest BCUT2D eigenvalue weighted by Crippen LogP contribution is -1.96. The number of hydrogen-bond acceptors (Lipinski definition) is 4. The van der Waals surface area contributed by atoms with Gasteiger partial charge in [0.25, 0.3) is 0 Å². The maximum atomic E-state index is 8.95. The fraction of sp³-hybridized carbons (Fsp3) is 0. The molecule has 1 aromatic carbocycles. The van der Waals surface area contributed by atoms with Crippen molar-refractivity contribution in [1.82, 2.24) is 9.97 Å². The number of nitriles is 1. The number of hydrogen-bond donors (Lipinski definition) is 1. The summed E-state index contributed by atoms with van der Waals surface area (Å²) in [4.78, 5) is 7.73. The van der Waals surface area contributed by atoms with E-state index in [0.29, 0.717) is 22.1 Å². The van der Waals surface area contributed by atoms with Crippen LogP contribution in [0.1, 0.15) is 5.56 Å². The highest BCUT2D eigenvalue weighted by Crippen LogP contribution is 2.23. The average molecular weight is 265 g/mol. The van der Waals surface area contributed by atoms with Gasteiger partial charge in [-0.3, -0.25) is 0 Å². The first-order valence-corrected chi connectivity index (χ1v) is 5.40. The van der Waals surface area contributed by atoms with Gasteiger partial charge in [-0.1, -0.05) is 11.6 Å². The normalized spacial score (nSPS) is 9.71. The van der Waals surface area contributed by atoms with Crippen molar-refractivity contribution in [2.24, 2.45) is 0 Å². The summed E-state index contributed by atoms with van der Waals surface area (Å²) in [6, 6.07) is 8.64. The lowest BCUT2D eigenvalue weighted by atomic mass is 10.2. The van der Waals surface area contributed by atoms with E-state index in [0.717, 1.165) is 0 Å². The predicted molar refractivity (Wildman–Crippen MR) is 66.5 cm³/mol. The molecule has 0 amide bonds. The molecule has 17 heavy (non-hydrogen) atoms. The number of nitrogens with one attached hydrogen (secondary N) is 1. The van der Waals surface area contributed by atoms with Crippen LogP contribution in [0.15, 0.2) is 30.5 Å². The molecule has 0 saturated carbocycles. The molecule has 0 fully saturated rings. The second-order valence-electron chi connectivity index (χ2n) is 3.14. The molecular formula is C11H6Cl2N4. The van der Waals surface area contributed by atoms with Crippen LogP contribution in [-0.2, 0) is 0 Å². The van der Waals surface area contributed by atoms with E-state index in [1.54, 1.807) is 24.3 Å². The van der Waals surface area contributed by atoms with Crippen LogP contribution < -0.4 is 5.32 Å². The van der Waals surface area contributed by atoms with Gasteiger partial charge in [-0.05, 0) is 35.9 Å². The molecule has 0 bridgehead atoms. The molecule has 0 aliphatic rings. The summed E-state index contributed by atoms with van der Waals surface area (Å²) in [5.41, 5.74) is 1.05. The minimum absolute atomic E-state index is 0.135. The number of anilines is 2. The number of benzene rings is 1. The molecule has 1 N–H and O–H groups in total. The molecule has 2 aromatic rings. The third-order valence-electron chi connectivity index (χ3n) is 1.99. The molecule has 0 aliphatic heterocycles. The highest BCUT2D eigenvalue weighted by molar-refractivity contribution is 6.31. The summed E-state index contributed by atoms with van der Waals surface area (Å²) in [5, 5.41) is 12.6. The van der Waals surface area contributed by atoms with Crippen molar-refractivity contribution < 1.29 is 0 Å². The second-order valence-corrected chi connectivity index (χ2v) is 3.91. The van der Waals surface area contributed by atoms with Crippen molar-refractivity contribution in [3.05, 3.63) is 46.3 Å². The molecule has 84 valence electrons. The van der Waals surface area contributed by atoms with Crippen LogP contribution >= 0.6 is 23.2 Å². The first kappa shape index (κ1) is 11.6. The summed E-state index contributed by atoms with van der Waals surface area (Å²) in [5.74, 6) is 0.503. The number of halogens is 2. The summed E-state index contributed by atoms with van der Waals surface area (Å²) >= 11 is 11.5. The Morgan fingerprint density at radius 3 is 2.76 bits per heavy atom. The quantitative estimate of drug-likeness (QED) is 0.845. The van der Waals surface area contributed by atoms with Gasteiger partial charge in [-0.2, -0.15) is 5.26 Å². The van der Waals surface area contributed by atoms with Crippen molar-refractivity contribution >= 4 is 34.7 Å². The molecule has 0 radical (unpaired) electrons. The van der Waals surface area contributed by atoms with E-state index in [1.807, 2.05) is 0 Å². The Balaban J connectivity index is 2.36. The average Bonchev–Trinajstić information content (AvgIpc) is 2.29. The van der Waals surface area contributed by atoms with Crippen LogP contribution in [0.2, 0.25) is 10.3 Å². The number of rotatable bonds is 2. The Morgan fingerprint density at radius 1 is 1.24 bits per heavy atom. The van der Waals surface area contributed by atoms with Crippen molar-refractivity contribution in [2.75, 3.05) is 5.32 Å². The van der Waals surface area contributed by atoms with E-state index in [1.165, 1.54) is 6.20 Å².